The summed E-state index contributed by atoms with van der Waals surface area (Å²) in [6.07, 6.45) is 5.48. The molecule has 2 nitrogen and oxygen atoms in total. The van der Waals surface area contributed by atoms with E-state index in [2.05, 4.69) is 4.90 Å². The van der Waals surface area contributed by atoms with Crippen molar-refractivity contribution in [3.63, 3.8) is 0 Å². The molecule has 4 heteroatoms. The van der Waals surface area contributed by atoms with Crippen LogP contribution in [0.25, 0.3) is 0 Å². The Morgan fingerprint density at radius 3 is 2.44 bits per heavy atom. The molecule has 0 aromatic carbocycles. The Bertz CT molecular complexity index is 279. The molecule has 0 spiro atoms. The summed E-state index contributed by atoms with van der Waals surface area (Å²) < 4.78 is 0. The largest absolute Gasteiger partial charge is 0.336 e. The van der Waals surface area contributed by atoms with E-state index in [1.807, 2.05) is 11.8 Å². The van der Waals surface area contributed by atoms with Gasteiger partial charge in [-0.1, -0.05) is 0 Å². The van der Waals surface area contributed by atoms with Gasteiger partial charge in [0.15, 0.2) is 0 Å². The first-order valence-electron chi connectivity index (χ1n) is 6.29. The maximum atomic E-state index is 12.4. The average molecular weight is 260 g/mol. The lowest BCUT2D eigenvalue weighted by atomic mass is 9.98. The molecular formula is C12H18ClNOS. The minimum absolute atomic E-state index is 0.305. The Hall–Kier alpha value is 0.110. The van der Waals surface area contributed by atoms with Gasteiger partial charge in [0, 0.05) is 29.1 Å². The van der Waals surface area contributed by atoms with Crippen molar-refractivity contribution < 1.29 is 4.79 Å². The third-order valence-corrected chi connectivity index (χ3v) is 5.73. The van der Waals surface area contributed by atoms with Crippen LogP contribution in [-0.4, -0.2) is 39.8 Å². The van der Waals surface area contributed by atoms with Gasteiger partial charge in [0.1, 0.15) is 0 Å². The van der Waals surface area contributed by atoms with Gasteiger partial charge in [0.25, 0.3) is 0 Å². The van der Waals surface area contributed by atoms with Crippen molar-refractivity contribution in [2.45, 2.75) is 49.6 Å². The van der Waals surface area contributed by atoms with E-state index in [9.17, 15) is 4.79 Å². The van der Waals surface area contributed by atoms with E-state index < -0.39 is 0 Å². The quantitative estimate of drug-likeness (QED) is 0.675. The Labute approximate surface area is 106 Å². The van der Waals surface area contributed by atoms with Gasteiger partial charge in [0.05, 0.1) is 0 Å². The molecule has 3 atom stereocenters. The first-order chi connectivity index (χ1) is 7.75. The molecule has 3 rings (SSSR count). The van der Waals surface area contributed by atoms with Crippen LogP contribution in [0.1, 0.15) is 32.1 Å². The summed E-state index contributed by atoms with van der Waals surface area (Å²) >= 11 is 8.16. The third-order valence-electron chi connectivity index (χ3n) is 4.21. The summed E-state index contributed by atoms with van der Waals surface area (Å²) in [6, 6.07) is 0.915. The monoisotopic (exact) mass is 259 g/mol. The Morgan fingerprint density at radius 1 is 1.19 bits per heavy atom. The number of hydrogen-bond donors (Lipinski definition) is 0. The van der Waals surface area contributed by atoms with Crippen LogP contribution >= 0.6 is 23.4 Å². The van der Waals surface area contributed by atoms with E-state index in [4.69, 9.17) is 11.6 Å². The topological polar surface area (TPSA) is 20.3 Å². The molecule has 0 aromatic rings. The molecule has 0 saturated carbocycles. The Kier molecular flexibility index (Phi) is 3.09. The highest BCUT2D eigenvalue weighted by Crippen LogP contribution is 2.40. The van der Waals surface area contributed by atoms with Gasteiger partial charge in [-0.05, 0) is 37.9 Å². The smallest absolute Gasteiger partial charge is 0.227 e. The van der Waals surface area contributed by atoms with E-state index in [0.717, 1.165) is 30.8 Å². The van der Waals surface area contributed by atoms with Crippen LogP contribution in [0.4, 0.5) is 0 Å². The van der Waals surface area contributed by atoms with Crippen molar-refractivity contribution in [3.8, 4) is 0 Å². The molecule has 0 radical (unpaired) electrons. The summed E-state index contributed by atoms with van der Waals surface area (Å²) in [5.41, 5.74) is 0. The molecule has 0 aliphatic carbocycles. The van der Waals surface area contributed by atoms with Crippen LogP contribution in [0.15, 0.2) is 0 Å². The van der Waals surface area contributed by atoms with E-state index >= 15 is 0 Å². The van der Waals surface area contributed by atoms with E-state index in [0.29, 0.717) is 29.3 Å². The molecule has 3 unspecified atom stereocenters. The number of carbonyl (C=O) groups is 1. The highest BCUT2D eigenvalue weighted by atomic mass is 35.5. The van der Waals surface area contributed by atoms with E-state index in [1.54, 1.807) is 0 Å². The molecule has 2 bridgehead atoms. The van der Waals surface area contributed by atoms with Gasteiger partial charge in [0.2, 0.25) is 5.91 Å². The first kappa shape index (κ1) is 11.2. The van der Waals surface area contributed by atoms with Gasteiger partial charge in [-0.2, -0.15) is 11.8 Å². The second-order valence-electron chi connectivity index (χ2n) is 5.26. The van der Waals surface area contributed by atoms with Crippen LogP contribution in [0.3, 0.4) is 0 Å². The Morgan fingerprint density at radius 2 is 1.88 bits per heavy atom. The second kappa shape index (κ2) is 4.41. The number of hydrogen-bond acceptors (Lipinski definition) is 2. The summed E-state index contributed by atoms with van der Waals surface area (Å²) in [7, 11) is 0. The van der Waals surface area contributed by atoms with Gasteiger partial charge in [-0.3, -0.25) is 4.79 Å². The molecule has 3 heterocycles. The molecule has 0 aromatic heterocycles. The number of amides is 1. The van der Waals surface area contributed by atoms with Crippen molar-refractivity contribution in [2.24, 2.45) is 5.92 Å². The van der Waals surface area contributed by atoms with E-state index in [1.165, 1.54) is 12.8 Å². The highest BCUT2D eigenvalue weighted by Gasteiger charge is 2.44. The molecule has 0 N–H and O–H groups in total. The minimum Gasteiger partial charge on any atom is -0.336 e. The zero-order chi connectivity index (χ0) is 11.1. The molecule has 3 saturated heterocycles. The predicted octanol–water partition coefficient (Wildman–Crippen LogP) is 2.50. The molecule has 1 amide bonds. The van der Waals surface area contributed by atoms with Crippen LogP contribution in [0.2, 0.25) is 0 Å². The minimum atomic E-state index is 0.305. The normalized spacial score (nSPS) is 42.7. The van der Waals surface area contributed by atoms with Crippen molar-refractivity contribution in [1.29, 1.82) is 0 Å². The summed E-state index contributed by atoms with van der Waals surface area (Å²) in [4.78, 5) is 14.6. The number of alkyl halides is 1. The number of carbonyl (C=O) groups excluding carboxylic acids is 1. The van der Waals surface area contributed by atoms with Crippen LogP contribution in [0, 0.1) is 5.92 Å². The average Bonchev–Trinajstić information content (AvgIpc) is 2.85. The highest BCUT2D eigenvalue weighted by molar-refractivity contribution is 7.99. The van der Waals surface area contributed by atoms with Crippen molar-refractivity contribution in [2.75, 3.05) is 11.5 Å². The maximum Gasteiger partial charge on any atom is 0.227 e. The van der Waals surface area contributed by atoms with Crippen LogP contribution in [0.5, 0.6) is 0 Å². The molecular weight excluding hydrogens is 242 g/mol. The predicted molar refractivity (Wildman–Crippen MR) is 68.0 cm³/mol. The lowest BCUT2D eigenvalue weighted by molar-refractivity contribution is -0.139. The number of piperidine rings is 1. The molecule has 16 heavy (non-hydrogen) atoms. The zero-order valence-corrected chi connectivity index (χ0v) is 11.0. The fraction of sp³-hybridized carbons (Fsp3) is 0.917. The number of fused-ring (bicyclic) bond motifs is 2. The van der Waals surface area contributed by atoms with Crippen molar-refractivity contribution in [3.05, 3.63) is 0 Å². The first-order valence-corrected chi connectivity index (χ1v) is 7.89. The number of rotatable bonds is 1. The molecule has 3 aliphatic heterocycles. The Balaban J connectivity index is 1.72. The summed E-state index contributed by atoms with van der Waals surface area (Å²) in [5.74, 6) is 2.94. The standard InChI is InChI=1S/C12H18ClNOS/c13-9-5-10-1-2-11(6-9)14(10)12(15)8-3-4-16-7-8/h8-11H,1-7H2. The SMILES string of the molecule is O=C(C1CCSC1)N1C2CCC1CC(Cl)C2. The van der Waals surface area contributed by atoms with Crippen LogP contribution in [-0.2, 0) is 4.79 Å². The summed E-state index contributed by atoms with van der Waals surface area (Å²) in [5, 5.41) is 0.305. The third kappa shape index (κ3) is 1.86. The van der Waals surface area contributed by atoms with Crippen LogP contribution < -0.4 is 0 Å². The van der Waals surface area contributed by atoms with Gasteiger partial charge >= 0.3 is 0 Å². The van der Waals surface area contributed by atoms with Gasteiger partial charge in [-0.25, -0.2) is 0 Å². The fourth-order valence-electron chi connectivity index (χ4n) is 3.41. The molecule has 3 aliphatic rings. The molecule has 90 valence electrons. The van der Waals surface area contributed by atoms with Gasteiger partial charge in [-0.15, -0.1) is 11.6 Å². The fourth-order valence-corrected chi connectivity index (χ4v) is 5.03. The number of halogens is 1. The number of thioether (sulfide) groups is 1. The van der Waals surface area contributed by atoms with E-state index in [-0.39, 0.29) is 0 Å². The van der Waals surface area contributed by atoms with Crippen molar-refractivity contribution in [1.82, 2.24) is 4.90 Å². The lowest BCUT2D eigenvalue weighted by Gasteiger charge is -2.38. The molecule has 3 fully saturated rings. The maximum absolute atomic E-state index is 12.4. The van der Waals surface area contributed by atoms with Crippen molar-refractivity contribution >= 4 is 29.3 Å². The second-order valence-corrected chi connectivity index (χ2v) is 7.03. The number of nitrogens with zero attached hydrogens (tertiary/aromatic N) is 1. The summed E-state index contributed by atoms with van der Waals surface area (Å²) in [6.45, 7) is 0. The lowest BCUT2D eigenvalue weighted by Crippen LogP contribution is -2.49. The zero-order valence-electron chi connectivity index (χ0n) is 9.40. The van der Waals surface area contributed by atoms with Gasteiger partial charge < -0.3 is 4.90 Å².